The summed E-state index contributed by atoms with van der Waals surface area (Å²) in [7, 11) is 1.28. The van der Waals surface area contributed by atoms with Crippen LogP contribution in [0.2, 0.25) is 0 Å². The second-order valence-electron chi connectivity index (χ2n) is 5.25. The van der Waals surface area contributed by atoms with E-state index in [1.165, 1.54) is 36.6 Å². The molecule has 24 heavy (non-hydrogen) atoms. The Labute approximate surface area is 141 Å². The number of H-pyrrole nitrogens is 1. The molecule has 0 aliphatic carbocycles. The summed E-state index contributed by atoms with van der Waals surface area (Å²) in [4.78, 5) is 44.6. The van der Waals surface area contributed by atoms with Crippen LogP contribution in [-0.2, 0) is 11.2 Å². The number of nitrogens with zero attached hydrogens (tertiary/aromatic N) is 1. The first kappa shape index (κ1) is 16.1. The van der Waals surface area contributed by atoms with E-state index in [-0.39, 0.29) is 23.6 Å². The van der Waals surface area contributed by atoms with Gasteiger partial charge in [0.1, 0.15) is 5.82 Å². The van der Waals surface area contributed by atoms with Crippen LogP contribution >= 0.6 is 11.3 Å². The quantitative estimate of drug-likeness (QED) is 0.581. The van der Waals surface area contributed by atoms with Crippen molar-refractivity contribution in [1.82, 2.24) is 9.97 Å². The van der Waals surface area contributed by atoms with Crippen molar-refractivity contribution in [3.8, 4) is 0 Å². The number of aromatic nitrogens is 2. The standard InChI is InChI=1S/C17H14N2O4S/c1-9-3-6-14(24-9)13(20)8-15-18-12-7-10(17(22)23-2)4-5-11(12)16(21)19-15/h3-7H,8H2,1-2H3,(H,18,19,21). The molecule has 0 fully saturated rings. The third-order valence-electron chi connectivity index (χ3n) is 3.52. The van der Waals surface area contributed by atoms with E-state index in [1.807, 2.05) is 13.0 Å². The number of thiophene rings is 1. The number of hydrogen-bond donors (Lipinski definition) is 1. The number of rotatable bonds is 4. The van der Waals surface area contributed by atoms with Crippen molar-refractivity contribution >= 4 is 34.0 Å². The average molecular weight is 342 g/mol. The molecule has 6 nitrogen and oxygen atoms in total. The average Bonchev–Trinajstić information content (AvgIpc) is 3.00. The molecule has 3 rings (SSSR count). The van der Waals surface area contributed by atoms with Crippen LogP contribution in [0.3, 0.4) is 0 Å². The number of benzene rings is 1. The summed E-state index contributed by atoms with van der Waals surface area (Å²) in [6, 6.07) is 8.14. The van der Waals surface area contributed by atoms with Gasteiger partial charge < -0.3 is 9.72 Å². The van der Waals surface area contributed by atoms with Gasteiger partial charge in [-0.3, -0.25) is 9.59 Å². The second kappa shape index (κ2) is 6.37. The van der Waals surface area contributed by atoms with Gasteiger partial charge in [-0.1, -0.05) is 0 Å². The third-order valence-corrected chi connectivity index (χ3v) is 4.56. The zero-order valence-corrected chi connectivity index (χ0v) is 13.9. The molecule has 1 aromatic carbocycles. The van der Waals surface area contributed by atoms with Crippen LogP contribution in [0.25, 0.3) is 10.9 Å². The van der Waals surface area contributed by atoms with Gasteiger partial charge in [0.15, 0.2) is 5.78 Å². The summed E-state index contributed by atoms with van der Waals surface area (Å²) in [5.74, 6) is -0.351. The van der Waals surface area contributed by atoms with E-state index in [0.29, 0.717) is 21.3 Å². The minimum atomic E-state index is -0.509. The maximum Gasteiger partial charge on any atom is 0.337 e. The van der Waals surface area contributed by atoms with Gasteiger partial charge in [-0.2, -0.15) is 0 Å². The van der Waals surface area contributed by atoms with E-state index in [9.17, 15) is 14.4 Å². The van der Waals surface area contributed by atoms with Crippen LogP contribution < -0.4 is 5.56 Å². The van der Waals surface area contributed by atoms with Gasteiger partial charge in [0.25, 0.3) is 5.56 Å². The summed E-state index contributed by atoms with van der Waals surface area (Å²) in [6.07, 6.45) is -0.00636. The first-order chi connectivity index (χ1) is 11.5. The number of hydrogen-bond acceptors (Lipinski definition) is 6. The molecule has 0 atom stereocenters. The van der Waals surface area contributed by atoms with Gasteiger partial charge in [-0.15, -0.1) is 11.3 Å². The molecule has 7 heteroatoms. The number of carbonyl (C=O) groups excluding carboxylic acids is 2. The molecule has 2 aromatic heterocycles. The second-order valence-corrected chi connectivity index (χ2v) is 6.53. The number of Topliss-reactive ketones (excluding diaryl/α,β-unsaturated/α-hetero) is 1. The van der Waals surface area contributed by atoms with Crippen LogP contribution in [0, 0.1) is 6.92 Å². The highest BCUT2D eigenvalue weighted by atomic mass is 32.1. The van der Waals surface area contributed by atoms with Gasteiger partial charge in [0, 0.05) is 4.88 Å². The predicted octanol–water partition coefficient (Wildman–Crippen LogP) is 2.51. The lowest BCUT2D eigenvalue weighted by Gasteiger charge is -2.04. The minimum absolute atomic E-state index is 0.00636. The van der Waals surface area contributed by atoms with E-state index in [2.05, 4.69) is 14.7 Å². The number of aromatic amines is 1. The molecule has 0 radical (unpaired) electrons. The molecule has 0 aliphatic rings. The maximum atomic E-state index is 12.3. The Bertz CT molecular complexity index is 1000. The number of nitrogens with one attached hydrogen (secondary N) is 1. The molecule has 122 valence electrons. The van der Waals surface area contributed by atoms with Gasteiger partial charge in [-0.05, 0) is 37.3 Å². The normalized spacial score (nSPS) is 10.8. The number of carbonyl (C=O) groups is 2. The lowest BCUT2D eigenvalue weighted by molar-refractivity contribution is 0.0600. The van der Waals surface area contributed by atoms with E-state index in [0.717, 1.165) is 4.88 Å². The molecule has 0 aliphatic heterocycles. The minimum Gasteiger partial charge on any atom is -0.465 e. The molecule has 0 saturated heterocycles. The molecule has 1 N–H and O–H groups in total. The Morgan fingerprint density at radius 2 is 2.04 bits per heavy atom. The number of ether oxygens (including phenoxy) is 1. The summed E-state index contributed by atoms with van der Waals surface area (Å²) in [5.41, 5.74) is 0.308. The summed E-state index contributed by atoms with van der Waals surface area (Å²) < 4.78 is 4.66. The largest absolute Gasteiger partial charge is 0.465 e. The molecule has 0 saturated carbocycles. The van der Waals surface area contributed by atoms with E-state index in [4.69, 9.17) is 0 Å². The topological polar surface area (TPSA) is 89.1 Å². The highest BCUT2D eigenvalue weighted by Crippen LogP contribution is 2.17. The van der Waals surface area contributed by atoms with Crippen molar-refractivity contribution in [3.63, 3.8) is 0 Å². The Kier molecular flexibility index (Phi) is 4.26. The Balaban J connectivity index is 1.98. The fourth-order valence-electron chi connectivity index (χ4n) is 2.34. The molecule has 0 bridgehead atoms. The van der Waals surface area contributed by atoms with Crippen molar-refractivity contribution in [2.75, 3.05) is 7.11 Å². The van der Waals surface area contributed by atoms with Crippen LogP contribution in [0.1, 0.15) is 30.7 Å². The van der Waals surface area contributed by atoms with Crippen molar-refractivity contribution in [2.24, 2.45) is 0 Å². The Morgan fingerprint density at radius 3 is 2.71 bits per heavy atom. The first-order valence-electron chi connectivity index (χ1n) is 7.19. The lowest BCUT2D eigenvalue weighted by Crippen LogP contribution is -2.15. The highest BCUT2D eigenvalue weighted by molar-refractivity contribution is 7.14. The third kappa shape index (κ3) is 3.11. The predicted molar refractivity (Wildman–Crippen MR) is 90.8 cm³/mol. The van der Waals surface area contributed by atoms with Gasteiger partial charge in [0.05, 0.1) is 34.9 Å². The Morgan fingerprint density at radius 1 is 1.25 bits per heavy atom. The monoisotopic (exact) mass is 342 g/mol. The summed E-state index contributed by atoms with van der Waals surface area (Å²) >= 11 is 1.40. The molecular weight excluding hydrogens is 328 g/mol. The number of fused-ring (bicyclic) bond motifs is 1. The molecular formula is C17H14N2O4S. The first-order valence-corrected chi connectivity index (χ1v) is 8.00. The number of aryl methyl sites for hydroxylation is 1. The molecule has 0 amide bonds. The zero-order valence-electron chi connectivity index (χ0n) is 13.1. The number of ketones is 1. The van der Waals surface area contributed by atoms with Crippen LogP contribution in [-0.4, -0.2) is 28.8 Å². The molecule has 2 heterocycles. The van der Waals surface area contributed by atoms with E-state index in [1.54, 1.807) is 6.07 Å². The SMILES string of the molecule is COC(=O)c1ccc2c(=O)[nH]c(CC(=O)c3ccc(C)s3)nc2c1. The van der Waals surface area contributed by atoms with Crippen molar-refractivity contribution in [3.05, 3.63) is 61.8 Å². The van der Waals surface area contributed by atoms with E-state index >= 15 is 0 Å². The lowest BCUT2D eigenvalue weighted by atomic mass is 10.1. The van der Waals surface area contributed by atoms with Crippen molar-refractivity contribution in [1.29, 1.82) is 0 Å². The van der Waals surface area contributed by atoms with Crippen LogP contribution in [0.15, 0.2) is 35.1 Å². The van der Waals surface area contributed by atoms with Crippen LogP contribution in [0.5, 0.6) is 0 Å². The Hall–Kier alpha value is -2.80. The van der Waals surface area contributed by atoms with Gasteiger partial charge in [0.2, 0.25) is 0 Å². The smallest absolute Gasteiger partial charge is 0.337 e. The van der Waals surface area contributed by atoms with Crippen molar-refractivity contribution in [2.45, 2.75) is 13.3 Å². The van der Waals surface area contributed by atoms with Gasteiger partial charge in [-0.25, -0.2) is 9.78 Å². The number of methoxy groups -OCH3 is 1. The van der Waals surface area contributed by atoms with E-state index < -0.39 is 5.97 Å². The fourth-order valence-corrected chi connectivity index (χ4v) is 3.15. The zero-order chi connectivity index (χ0) is 17.3. The van der Waals surface area contributed by atoms with Crippen LogP contribution in [0.4, 0.5) is 0 Å². The fraction of sp³-hybridized carbons (Fsp3) is 0.176. The van der Waals surface area contributed by atoms with Gasteiger partial charge >= 0.3 is 5.97 Å². The summed E-state index contributed by atoms with van der Waals surface area (Å²) in [6.45, 7) is 1.92. The summed E-state index contributed by atoms with van der Waals surface area (Å²) in [5, 5.41) is 0.353. The highest BCUT2D eigenvalue weighted by Gasteiger charge is 2.14. The number of esters is 1. The molecule has 3 aromatic rings. The van der Waals surface area contributed by atoms with Crippen molar-refractivity contribution < 1.29 is 14.3 Å². The molecule has 0 unspecified atom stereocenters. The maximum absolute atomic E-state index is 12.3. The molecule has 0 spiro atoms.